The van der Waals surface area contributed by atoms with Crippen LogP contribution in [0.25, 0.3) is 6.08 Å². The van der Waals surface area contributed by atoms with Gasteiger partial charge in [-0.3, -0.25) is 9.59 Å². The number of benzene rings is 3. The SMILES string of the molecule is COC(=O)[C@H](Cc1ccccc1)N(Cc1ccc(N2CCN(C(C)=O)CC2)cc1)C(=O)C=Cc1ccc(C(F)(F)F)cc1. The van der Waals surface area contributed by atoms with Crippen LogP contribution in [0.15, 0.2) is 84.9 Å². The third-order valence-corrected chi connectivity index (χ3v) is 7.44. The Balaban J connectivity index is 1.57. The summed E-state index contributed by atoms with van der Waals surface area (Å²) in [7, 11) is 1.27. The van der Waals surface area contributed by atoms with E-state index in [9.17, 15) is 27.6 Å². The molecule has 3 aromatic carbocycles. The molecule has 0 saturated carbocycles. The number of nitrogens with zero attached hydrogens (tertiary/aromatic N) is 3. The summed E-state index contributed by atoms with van der Waals surface area (Å²) in [5.41, 5.74) is 2.23. The molecule has 226 valence electrons. The molecule has 0 unspecified atom stereocenters. The molecule has 1 aliphatic heterocycles. The van der Waals surface area contributed by atoms with Gasteiger partial charge in [-0.25, -0.2) is 4.79 Å². The number of ether oxygens (including phenoxy) is 1. The maximum absolute atomic E-state index is 13.6. The summed E-state index contributed by atoms with van der Waals surface area (Å²) in [4.78, 5) is 43.7. The van der Waals surface area contributed by atoms with Crippen LogP contribution in [0, 0.1) is 0 Å². The van der Waals surface area contributed by atoms with Gasteiger partial charge in [0.25, 0.3) is 0 Å². The van der Waals surface area contributed by atoms with Crippen LogP contribution in [0.2, 0.25) is 0 Å². The molecule has 0 aliphatic carbocycles. The molecule has 0 aromatic heterocycles. The molecule has 43 heavy (non-hydrogen) atoms. The normalized spacial score (nSPS) is 14.4. The van der Waals surface area contributed by atoms with Gasteiger partial charge in [0.05, 0.1) is 12.7 Å². The average molecular weight is 594 g/mol. The van der Waals surface area contributed by atoms with Crippen molar-refractivity contribution in [2.24, 2.45) is 0 Å². The monoisotopic (exact) mass is 593 g/mol. The molecule has 10 heteroatoms. The van der Waals surface area contributed by atoms with Crippen LogP contribution in [0.4, 0.5) is 18.9 Å². The van der Waals surface area contributed by atoms with E-state index < -0.39 is 29.7 Å². The highest BCUT2D eigenvalue weighted by atomic mass is 19.4. The molecule has 0 spiro atoms. The Labute approximate surface area is 249 Å². The fraction of sp³-hybridized carbons (Fsp3) is 0.303. The van der Waals surface area contributed by atoms with Gasteiger partial charge in [0.2, 0.25) is 11.8 Å². The first kappa shape index (κ1) is 31.3. The number of piperazine rings is 1. The van der Waals surface area contributed by atoms with Crippen molar-refractivity contribution in [3.63, 3.8) is 0 Å². The summed E-state index contributed by atoms with van der Waals surface area (Å²) < 4.78 is 44.0. The minimum absolute atomic E-state index is 0.0581. The van der Waals surface area contributed by atoms with Crippen molar-refractivity contribution in [2.45, 2.75) is 32.1 Å². The van der Waals surface area contributed by atoms with E-state index in [0.29, 0.717) is 31.7 Å². The zero-order chi connectivity index (χ0) is 31.0. The van der Waals surface area contributed by atoms with E-state index in [1.165, 1.54) is 36.3 Å². The third kappa shape index (κ3) is 8.47. The molecule has 0 N–H and O–H groups in total. The maximum Gasteiger partial charge on any atom is 0.416 e. The number of hydrogen-bond acceptors (Lipinski definition) is 5. The van der Waals surface area contributed by atoms with Crippen LogP contribution in [0.5, 0.6) is 0 Å². The highest BCUT2D eigenvalue weighted by Crippen LogP contribution is 2.29. The lowest BCUT2D eigenvalue weighted by Gasteiger charge is -2.35. The Bertz CT molecular complexity index is 1420. The van der Waals surface area contributed by atoms with Crippen LogP contribution < -0.4 is 4.90 Å². The van der Waals surface area contributed by atoms with Gasteiger partial charge in [0.1, 0.15) is 6.04 Å². The number of halogens is 3. The average Bonchev–Trinajstić information content (AvgIpc) is 3.01. The zero-order valence-corrected chi connectivity index (χ0v) is 24.1. The first-order chi connectivity index (χ1) is 20.5. The van der Waals surface area contributed by atoms with Crippen molar-refractivity contribution in [1.29, 1.82) is 0 Å². The first-order valence-corrected chi connectivity index (χ1v) is 13.9. The molecular weight excluding hydrogens is 559 g/mol. The predicted octanol–water partition coefficient (Wildman–Crippen LogP) is 5.20. The van der Waals surface area contributed by atoms with Crippen molar-refractivity contribution in [3.05, 3.63) is 107 Å². The molecule has 1 saturated heterocycles. The second-order valence-electron chi connectivity index (χ2n) is 10.3. The van der Waals surface area contributed by atoms with Gasteiger partial charge in [-0.2, -0.15) is 13.2 Å². The Kier molecular flexibility index (Phi) is 10.2. The van der Waals surface area contributed by atoms with E-state index in [1.54, 1.807) is 6.92 Å². The number of carbonyl (C=O) groups excluding carboxylic acids is 3. The van der Waals surface area contributed by atoms with Crippen molar-refractivity contribution in [3.8, 4) is 0 Å². The maximum atomic E-state index is 13.6. The summed E-state index contributed by atoms with van der Waals surface area (Å²) in [6.45, 7) is 4.37. The fourth-order valence-electron chi connectivity index (χ4n) is 4.97. The molecule has 4 rings (SSSR count). The molecule has 0 bridgehead atoms. The largest absolute Gasteiger partial charge is 0.467 e. The lowest BCUT2D eigenvalue weighted by atomic mass is 10.0. The third-order valence-electron chi connectivity index (χ3n) is 7.44. The van der Waals surface area contributed by atoms with Crippen molar-refractivity contribution in [1.82, 2.24) is 9.80 Å². The smallest absolute Gasteiger partial charge is 0.416 e. The van der Waals surface area contributed by atoms with Crippen LogP contribution in [0.3, 0.4) is 0 Å². The number of carbonyl (C=O) groups is 3. The Hall–Kier alpha value is -4.60. The molecule has 1 fully saturated rings. The van der Waals surface area contributed by atoms with E-state index in [2.05, 4.69) is 4.90 Å². The lowest BCUT2D eigenvalue weighted by molar-refractivity contribution is -0.151. The van der Waals surface area contributed by atoms with Crippen LogP contribution in [-0.2, 0) is 38.3 Å². The molecule has 1 heterocycles. The fourth-order valence-corrected chi connectivity index (χ4v) is 4.97. The number of esters is 1. The number of alkyl halides is 3. The van der Waals surface area contributed by atoms with Gasteiger partial charge < -0.3 is 19.4 Å². The van der Waals surface area contributed by atoms with Gasteiger partial charge in [-0.1, -0.05) is 54.6 Å². The van der Waals surface area contributed by atoms with Crippen molar-refractivity contribution >= 4 is 29.5 Å². The summed E-state index contributed by atoms with van der Waals surface area (Å²) in [5.74, 6) is -1.02. The molecule has 0 radical (unpaired) electrons. The van der Waals surface area contributed by atoms with Gasteiger partial charge in [-0.05, 0) is 47.0 Å². The number of amides is 2. The quantitative estimate of drug-likeness (QED) is 0.252. The standard InChI is InChI=1S/C33H34F3N3O4/c1-24(40)37-18-20-38(21-19-37)29-15-10-27(11-16-29)23-39(30(32(42)43-2)22-26-6-4-3-5-7-26)31(41)17-12-25-8-13-28(14-9-25)33(34,35)36/h3-17,30H,18-23H2,1-2H3/t30-/m0/s1. The molecule has 2 amide bonds. The number of anilines is 1. The number of methoxy groups -OCH3 is 1. The minimum Gasteiger partial charge on any atom is -0.467 e. The Morgan fingerprint density at radius 2 is 1.51 bits per heavy atom. The van der Waals surface area contributed by atoms with Gasteiger partial charge >= 0.3 is 12.1 Å². The lowest BCUT2D eigenvalue weighted by Crippen LogP contribution is -2.48. The zero-order valence-electron chi connectivity index (χ0n) is 24.1. The minimum atomic E-state index is -4.46. The van der Waals surface area contributed by atoms with E-state index in [0.717, 1.165) is 28.9 Å². The molecule has 3 aromatic rings. The second kappa shape index (κ2) is 14.0. The highest BCUT2D eigenvalue weighted by molar-refractivity contribution is 5.94. The van der Waals surface area contributed by atoms with Gasteiger partial charge in [0, 0.05) is 57.8 Å². The second-order valence-corrected chi connectivity index (χ2v) is 10.3. The Morgan fingerprint density at radius 1 is 0.884 bits per heavy atom. The van der Waals surface area contributed by atoms with Crippen LogP contribution in [0.1, 0.15) is 29.2 Å². The molecular formula is C33H34F3N3O4. The van der Waals surface area contributed by atoms with E-state index in [-0.39, 0.29) is 18.9 Å². The number of hydrogen-bond donors (Lipinski definition) is 0. The highest BCUT2D eigenvalue weighted by Gasteiger charge is 2.31. The predicted molar refractivity (Wildman–Crippen MR) is 158 cm³/mol. The number of rotatable bonds is 9. The molecule has 1 atom stereocenters. The summed E-state index contributed by atoms with van der Waals surface area (Å²) in [5, 5.41) is 0. The first-order valence-electron chi connectivity index (χ1n) is 13.9. The van der Waals surface area contributed by atoms with Crippen LogP contribution >= 0.6 is 0 Å². The van der Waals surface area contributed by atoms with E-state index >= 15 is 0 Å². The summed E-state index contributed by atoms with van der Waals surface area (Å²) >= 11 is 0. The van der Waals surface area contributed by atoms with E-state index in [1.807, 2.05) is 59.5 Å². The van der Waals surface area contributed by atoms with Crippen molar-refractivity contribution in [2.75, 3.05) is 38.2 Å². The summed E-state index contributed by atoms with van der Waals surface area (Å²) in [6, 6.07) is 20.5. The van der Waals surface area contributed by atoms with E-state index in [4.69, 9.17) is 4.74 Å². The van der Waals surface area contributed by atoms with Gasteiger partial charge in [-0.15, -0.1) is 0 Å². The topological polar surface area (TPSA) is 70.2 Å². The molecule has 1 aliphatic rings. The van der Waals surface area contributed by atoms with Crippen LogP contribution in [-0.4, -0.2) is 66.9 Å². The Morgan fingerprint density at radius 3 is 2.07 bits per heavy atom. The van der Waals surface area contributed by atoms with Gasteiger partial charge in [0.15, 0.2) is 0 Å². The molecule has 7 nitrogen and oxygen atoms in total. The summed E-state index contributed by atoms with van der Waals surface area (Å²) in [6.07, 6.45) is -1.56. The van der Waals surface area contributed by atoms with Crippen molar-refractivity contribution < 1.29 is 32.3 Å².